The van der Waals surface area contributed by atoms with Crippen LogP contribution < -0.4 is 4.74 Å². The van der Waals surface area contributed by atoms with E-state index in [9.17, 15) is 9.59 Å². The maximum Gasteiger partial charge on any atom is 0.305 e. The molecule has 25 heavy (non-hydrogen) atoms. The lowest BCUT2D eigenvalue weighted by atomic mass is 9.83. The van der Waals surface area contributed by atoms with Gasteiger partial charge in [0.05, 0.1) is 19.6 Å². The number of Topliss-reactive ketones (excluding diaryl/α,β-unsaturated/α-hetero) is 1. The van der Waals surface area contributed by atoms with Crippen molar-refractivity contribution in [3.8, 4) is 5.75 Å². The van der Waals surface area contributed by atoms with Crippen molar-refractivity contribution in [1.29, 1.82) is 0 Å². The van der Waals surface area contributed by atoms with E-state index < -0.39 is 0 Å². The first kappa shape index (κ1) is 21.2. The fourth-order valence-electron chi connectivity index (χ4n) is 3.10. The van der Waals surface area contributed by atoms with Crippen LogP contribution in [-0.4, -0.2) is 25.0 Å². The number of carbonyl (C=O) groups excluding carboxylic acids is 2. The molecule has 140 valence electrons. The lowest BCUT2D eigenvalue weighted by Gasteiger charge is -2.28. The molecule has 0 aliphatic heterocycles. The lowest BCUT2D eigenvalue weighted by molar-refractivity contribution is -0.142. The predicted octanol–water partition coefficient (Wildman–Crippen LogP) is 4.87. The van der Waals surface area contributed by atoms with Crippen molar-refractivity contribution in [2.45, 2.75) is 71.8 Å². The highest BCUT2D eigenvalue weighted by molar-refractivity contribution is 5.83. The fourth-order valence-corrected chi connectivity index (χ4v) is 3.10. The van der Waals surface area contributed by atoms with Crippen molar-refractivity contribution in [1.82, 2.24) is 0 Å². The Hall–Kier alpha value is -1.84. The summed E-state index contributed by atoms with van der Waals surface area (Å²) in [7, 11) is 1.35. The van der Waals surface area contributed by atoms with Gasteiger partial charge in [-0.15, -0.1) is 0 Å². The molecule has 0 bridgehead atoms. The van der Waals surface area contributed by atoms with E-state index in [0.717, 1.165) is 31.4 Å². The number of ether oxygens (including phenoxy) is 2. The Morgan fingerprint density at radius 2 is 1.76 bits per heavy atom. The first-order valence-corrected chi connectivity index (χ1v) is 9.38. The number of hydrogen-bond donors (Lipinski definition) is 0. The molecule has 1 aliphatic rings. The zero-order valence-corrected chi connectivity index (χ0v) is 16.0. The summed E-state index contributed by atoms with van der Waals surface area (Å²) in [6, 6.07) is 8.12. The average molecular weight is 348 g/mol. The van der Waals surface area contributed by atoms with Gasteiger partial charge < -0.3 is 9.47 Å². The van der Waals surface area contributed by atoms with Gasteiger partial charge in [-0.2, -0.15) is 0 Å². The van der Waals surface area contributed by atoms with Crippen LogP contribution in [0, 0.1) is 12.8 Å². The minimum absolute atomic E-state index is 0.165. The number of methoxy groups -OCH3 is 1. The molecule has 0 radical (unpaired) electrons. The third-order valence-electron chi connectivity index (χ3n) is 4.44. The smallest absolute Gasteiger partial charge is 0.305 e. The Morgan fingerprint density at radius 3 is 2.36 bits per heavy atom. The molecule has 0 N–H and O–H groups in total. The van der Waals surface area contributed by atoms with E-state index in [0.29, 0.717) is 18.8 Å². The number of benzene rings is 1. The second-order valence-corrected chi connectivity index (χ2v) is 6.40. The van der Waals surface area contributed by atoms with E-state index in [1.165, 1.54) is 12.7 Å². The van der Waals surface area contributed by atoms with Gasteiger partial charge in [0.2, 0.25) is 0 Å². The lowest BCUT2D eigenvalue weighted by Crippen LogP contribution is -2.25. The highest BCUT2D eigenvalue weighted by atomic mass is 16.5. The SMILES string of the molecule is CC.COC(=O)CCC(=O)CC1CCC(Oc2cccc(C)c2)CC1. The van der Waals surface area contributed by atoms with Crippen molar-refractivity contribution in [3.63, 3.8) is 0 Å². The normalized spacial score (nSPS) is 19.4. The van der Waals surface area contributed by atoms with Gasteiger partial charge in [0, 0.05) is 12.8 Å². The van der Waals surface area contributed by atoms with E-state index in [1.807, 2.05) is 26.0 Å². The zero-order chi connectivity index (χ0) is 18.7. The minimum atomic E-state index is -0.311. The molecule has 1 saturated carbocycles. The summed E-state index contributed by atoms with van der Waals surface area (Å²) >= 11 is 0. The molecule has 0 spiro atoms. The van der Waals surface area contributed by atoms with Gasteiger partial charge in [-0.3, -0.25) is 9.59 Å². The van der Waals surface area contributed by atoms with Crippen molar-refractivity contribution in [2.24, 2.45) is 5.92 Å². The highest BCUT2D eigenvalue weighted by Gasteiger charge is 2.24. The number of hydrogen-bond acceptors (Lipinski definition) is 4. The Bertz CT molecular complexity index is 530. The molecule has 0 atom stereocenters. The molecule has 1 aromatic rings. The van der Waals surface area contributed by atoms with Gasteiger partial charge in [-0.05, 0) is 56.2 Å². The largest absolute Gasteiger partial charge is 0.490 e. The standard InChI is InChI=1S/C19H26O4.C2H6/c1-14-4-3-5-18(12-14)23-17-9-6-15(7-10-17)13-16(20)8-11-19(21)22-2;1-2/h3-5,12,15,17H,6-11,13H2,1-2H3;1-2H3. The van der Waals surface area contributed by atoms with Crippen molar-refractivity contribution in [3.05, 3.63) is 29.8 Å². The second-order valence-electron chi connectivity index (χ2n) is 6.40. The van der Waals surface area contributed by atoms with Crippen LogP contribution in [-0.2, 0) is 14.3 Å². The van der Waals surface area contributed by atoms with Gasteiger partial charge in [-0.25, -0.2) is 0 Å². The third-order valence-corrected chi connectivity index (χ3v) is 4.44. The van der Waals surface area contributed by atoms with E-state index in [-0.39, 0.29) is 24.3 Å². The molecular weight excluding hydrogens is 316 g/mol. The molecular formula is C21H32O4. The number of aryl methyl sites for hydroxylation is 1. The van der Waals surface area contributed by atoms with Crippen LogP contribution in [0.4, 0.5) is 0 Å². The summed E-state index contributed by atoms with van der Waals surface area (Å²) < 4.78 is 10.6. The first-order chi connectivity index (χ1) is 12.1. The monoisotopic (exact) mass is 348 g/mol. The quantitative estimate of drug-likeness (QED) is 0.660. The molecule has 2 rings (SSSR count). The average Bonchev–Trinajstić information content (AvgIpc) is 2.63. The summed E-state index contributed by atoms with van der Waals surface area (Å²) in [4.78, 5) is 23.0. The zero-order valence-electron chi connectivity index (χ0n) is 16.0. The van der Waals surface area contributed by atoms with Gasteiger partial charge >= 0.3 is 5.97 Å². The van der Waals surface area contributed by atoms with Gasteiger partial charge in [-0.1, -0.05) is 26.0 Å². The number of esters is 1. The van der Waals surface area contributed by atoms with Crippen LogP contribution in [0.5, 0.6) is 5.75 Å². The predicted molar refractivity (Wildman–Crippen MR) is 99.8 cm³/mol. The topological polar surface area (TPSA) is 52.6 Å². The maximum absolute atomic E-state index is 11.9. The summed E-state index contributed by atoms with van der Waals surface area (Å²) in [6.45, 7) is 6.06. The Morgan fingerprint density at radius 1 is 1.08 bits per heavy atom. The van der Waals surface area contributed by atoms with Crippen LogP contribution in [0.15, 0.2) is 24.3 Å². The Balaban J connectivity index is 0.00000151. The van der Waals surface area contributed by atoms with Crippen LogP contribution >= 0.6 is 0 Å². The van der Waals surface area contributed by atoms with Crippen molar-refractivity contribution in [2.75, 3.05) is 7.11 Å². The molecule has 1 fully saturated rings. The number of ketones is 1. The van der Waals surface area contributed by atoms with Crippen LogP contribution in [0.1, 0.15) is 64.4 Å². The Kier molecular flexibility index (Phi) is 9.90. The van der Waals surface area contributed by atoms with E-state index in [1.54, 1.807) is 0 Å². The summed E-state index contributed by atoms with van der Waals surface area (Å²) in [5.74, 6) is 1.21. The van der Waals surface area contributed by atoms with E-state index in [2.05, 4.69) is 23.8 Å². The minimum Gasteiger partial charge on any atom is -0.490 e. The van der Waals surface area contributed by atoms with Crippen LogP contribution in [0.2, 0.25) is 0 Å². The van der Waals surface area contributed by atoms with Crippen LogP contribution in [0.3, 0.4) is 0 Å². The highest BCUT2D eigenvalue weighted by Crippen LogP contribution is 2.30. The molecule has 4 heteroatoms. The fraction of sp³-hybridized carbons (Fsp3) is 0.619. The Labute approximate surface area is 151 Å². The van der Waals surface area contributed by atoms with E-state index in [4.69, 9.17) is 4.74 Å². The summed E-state index contributed by atoms with van der Waals surface area (Å²) in [5, 5.41) is 0. The van der Waals surface area contributed by atoms with Gasteiger partial charge in [0.25, 0.3) is 0 Å². The van der Waals surface area contributed by atoms with Crippen molar-refractivity contribution >= 4 is 11.8 Å². The molecule has 0 heterocycles. The molecule has 4 nitrogen and oxygen atoms in total. The van der Waals surface area contributed by atoms with Crippen LogP contribution in [0.25, 0.3) is 0 Å². The molecule has 0 amide bonds. The third kappa shape index (κ3) is 8.19. The molecule has 1 aliphatic carbocycles. The van der Waals surface area contributed by atoms with E-state index >= 15 is 0 Å². The first-order valence-electron chi connectivity index (χ1n) is 9.38. The summed E-state index contributed by atoms with van der Waals surface area (Å²) in [5.41, 5.74) is 1.20. The number of rotatable bonds is 7. The molecule has 0 aromatic heterocycles. The van der Waals surface area contributed by atoms with Gasteiger partial charge in [0.1, 0.15) is 11.5 Å². The van der Waals surface area contributed by atoms with Crippen molar-refractivity contribution < 1.29 is 19.1 Å². The summed E-state index contributed by atoms with van der Waals surface area (Å²) in [6.07, 6.45) is 5.33. The molecule has 0 unspecified atom stereocenters. The molecule has 0 saturated heterocycles. The second kappa shape index (κ2) is 11.7. The maximum atomic E-state index is 11.9. The molecule has 1 aromatic carbocycles. The number of carbonyl (C=O) groups is 2. The van der Waals surface area contributed by atoms with Gasteiger partial charge in [0.15, 0.2) is 0 Å².